The van der Waals surface area contributed by atoms with E-state index in [1.54, 1.807) is 0 Å². The Kier molecular flexibility index (Phi) is 21.9. The number of benzene rings is 2. The van der Waals surface area contributed by atoms with Crippen LogP contribution in [-0.2, 0) is 36.8 Å². The number of rotatable bonds is 12. The van der Waals surface area contributed by atoms with Crippen molar-refractivity contribution in [2.75, 3.05) is 20.2 Å². The molecule has 0 aromatic heterocycles. The summed E-state index contributed by atoms with van der Waals surface area (Å²) in [6.45, 7) is 9.61. The molecule has 2 aliphatic heterocycles. The second-order valence-corrected chi connectivity index (χ2v) is 12.8. The summed E-state index contributed by atoms with van der Waals surface area (Å²) in [5.41, 5.74) is 0.678. The number of likely N-dealkylation sites (tertiary alicyclic amines) is 2. The standard InChI is InChI=1S/C18H24F2N2O3.C17H22F2N2O3.Li.2H2S/c1-11(2)22-8-4-5-16(22)17(23)21-15(18(24)25-3)10-12-6-7-13(19)14(20)9-12;1-10(2)21-7-3-4-15(21)16(22)20-14(17(23)24)9-11-5-6-12(18)13(19)8-11;;;/h6-7,9,11,15-16H,4-5,8,10H2,1-3H3,(H,21,23);5-6,8,10,14-15H,3-4,7,9H2,1-2H3,(H,20,22)(H,23,24);;2*1H2/q;;+1;;/p-1/t15-,16+;14-,15+;;;/m00.../s1. The van der Waals surface area contributed by atoms with E-state index < -0.39 is 47.3 Å². The van der Waals surface area contributed by atoms with Crippen molar-refractivity contribution < 1.29 is 65.4 Å². The number of hydrogen-bond acceptors (Lipinski definition) is 8. The number of halogens is 4. The van der Waals surface area contributed by atoms with Crippen molar-refractivity contribution in [2.24, 2.45) is 0 Å². The van der Waals surface area contributed by atoms with Gasteiger partial charge < -0.3 is 25.3 Å². The van der Waals surface area contributed by atoms with Crippen LogP contribution < -0.4 is 34.6 Å². The van der Waals surface area contributed by atoms with Crippen LogP contribution in [-0.4, -0.2) is 90.0 Å². The largest absolute Gasteiger partial charge is 1.00 e. The van der Waals surface area contributed by atoms with Gasteiger partial charge in [0.05, 0.1) is 31.2 Å². The fourth-order valence-electron chi connectivity index (χ4n) is 6.25. The average molecular weight is 769 g/mol. The van der Waals surface area contributed by atoms with Crippen LogP contribution in [0, 0.1) is 23.3 Å². The van der Waals surface area contributed by atoms with E-state index in [1.807, 2.05) is 32.6 Å². The van der Waals surface area contributed by atoms with Gasteiger partial charge in [0.1, 0.15) is 6.04 Å². The minimum atomic E-state index is -1.46. The predicted molar refractivity (Wildman–Crippen MR) is 191 cm³/mol. The summed E-state index contributed by atoms with van der Waals surface area (Å²) in [5.74, 6) is -6.71. The Bertz CT molecular complexity index is 1490. The molecule has 2 saturated heterocycles. The minimum Gasteiger partial charge on any atom is -0.548 e. The summed E-state index contributed by atoms with van der Waals surface area (Å²) in [6.07, 6.45) is 3.04. The monoisotopic (exact) mass is 768 g/mol. The first-order valence-corrected chi connectivity index (χ1v) is 16.4. The van der Waals surface area contributed by atoms with Crippen LogP contribution in [0.25, 0.3) is 0 Å². The van der Waals surface area contributed by atoms with Crippen molar-refractivity contribution in [1.82, 2.24) is 20.4 Å². The van der Waals surface area contributed by atoms with E-state index in [9.17, 15) is 41.8 Å². The van der Waals surface area contributed by atoms with Gasteiger partial charge in [-0.3, -0.25) is 19.4 Å². The first-order chi connectivity index (χ1) is 23.1. The van der Waals surface area contributed by atoms with Gasteiger partial charge in [0, 0.05) is 18.5 Å². The quantitative estimate of drug-likeness (QED) is 0.174. The molecule has 0 bridgehead atoms. The third-order valence-corrected chi connectivity index (χ3v) is 8.77. The van der Waals surface area contributed by atoms with Crippen molar-refractivity contribution in [3.05, 3.63) is 70.8 Å². The molecule has 2 fully saturated rings. The third kappa shape index (κ3) is 13.9. The Balaban J connectivity index is 0.000000946. The van der Waals surface area contributed by atoms with Crippen LogP contribution in [0.2, 0.25) is 0 Å². The summed E-state index contributed by atoms with van der Waals surface area (Å²) in [6, 6.07) is 4.03. The number of aliphatic carboxylic acids is 1. The number of carbonyl (C=O) groups excluding carboxylic acids is 4. The maximum atomic E-state index is 13.4. The second-order valence-electron chi connectivity index (χ2n) is 12.8. The molecule has 4 rings (SSSR count). The number of methoxy groups -OCH3 is 1. The maximum Gasteiger partial charge on any atom is 1.00 e. The zero-order chi connectivity index (χ0) is 36.4. The Morgan fingerprint density at radius 3 is 1.46 bits per heavy atom. The van der Waals surface area contributed by atoms with Crippen molar-refractivity contribution in [3.63, 3.8) is 0 Å². The molecule has 0 saturated carbocycles. The molecule has 286 valence electrons. The van der Waals surface area contributed by atoms with Crippen molar-refractivity contribution in [3.8, 4) is 0 Å². The van der Waals surface area contributed by atoms with Gasteiger partial charge in [-0.2, -0.15) is 27.0 Å². The number of carboxylic acid groups (broad SMARTS) is 1. The third-order valence-electron chi connectivity index (χ3n) is 8.77. The van der Waals surface area contributed by atoms with Crippen LogP contribution in [0.1, 0.15) is 64.5 Å². The Morgan fingerprint density at radius 2 is 1.12 bits per heavy atom. The van der Waals surface area contributed by atoms with E-state index in [0.717, 1.165) is 56.6 Å². The molecule has 10 nitrogen and oxygen atoms in total. The molecule has 2 N–H and O–H groups in total. The number of carboxylic acids is 1. The van der Waals surface area contributed by atoms with Crippen molar-refractivity contribution in [2.45, 2.75) is 102 Å². The molecule has 0 unspecified atom stereocenters. The van der Waals surface area contributed by atoms with Crippen LogP contribution in [0.4, 0.5) is 17.6 Å². The number of nitrogens with one attached hydrogen (secondary N) is 2. The first-order valence-electron chi connectivity index (χ1n) is 16.4. The molecule has 52 heavy (non-hydrogen) atoms. The molecule has 2 aromatic carbocycles. The van der Waals surface area contributed by atoms with Crippen LogP contribution in [0.3, 0.4) is 0 Å². The van der Waals surface area contributed by atoms with E-state index in [2.05, 4.69) is 15.5 Å². The molecule has 2 aromatic rings. The van der Waals surface area contributed by atoms with E-state index in [-0.39, 0.29) is 100 Å². The SMILES string of the molecule is CC(C)N1CCC[C@@H]1C(=O)N[C@@H](Cc1ccc(F)c(F)c1)C(=O)[O-].COC(=O)[C@H](Cc1ccc(F)c(F)c1)NC(=O)[C@H]1CCCN1C(C)C.S.S.[Li+]. The van der Waals surface area contributed by atoms with E-state index in [1.165, 1.54) is 19.2 Å². The average Bonchev–Trinajstić information content (AvgIpc) is 3.75. The van der Waals surface area contributed by atoms with Crippen molar-refractivity contribution >= 4 is 50.7 Å². The molecule has 0 radical (unpaired) electrons. The van der Waals surface area contributed by atoms with E-state index in [0.29, 0.717) is 12.0 Å². The molecule has 17 heteroatoms. The zero-order valence-corrected chi connectivity index (χ0v) is 32.4. The molecule has 2 heterocycles. The van der Waals surface area contributed by atoms with Gasteiger partial charge in [0.15, 0.2) is 23.3 Å². The summed E-state index contributed by atoms with van der Waals surface area (Å²) in [5, 5.41) is 16.5. The van der Waals surface area contributed by atoms with Gasteiger partial charge in [-0.05, 0) is 108 Å². The summed E-state index contributed by atoms with van der Waals surface area (Å²) >= 11 is 0. The summed E-state index contributed by atoms with van der Waals surface area (Å²) in [4.78, 5) is 52.4. The number of nitrogens with zero attached hydrogens (tertiary/aromatic N) is 2. The van der Waals surface area contributed by atoms with Gasteiger partial charge in [-0.25, -0.2) is 22.4 Å². The normalized spacial score (nSPS) is 18.1. The van der Waals surface area contributed by atoms with Gasteiger partial charge >= 0.3 is 24.8 Å². The number of esters is 1. The molecule has 0 aliphatic carbocycles. The smallest absolute Gasteiger partial charge is 0.548 e. The number of hydrogen-bond donors (Lipinski definition) is 2. The zero-order valence-electron chi connectivity index (χ0n) is 30.4. The fourth-order valence-corrected chi connectivity index (χ4v) is 6.25. The fraction of sp³-hybridized carbons (Fsp3) is 0.543. The van der Waals surface area contributed by atoms with Gasteiger partial charge in [-0.15, -0.1) is 0 Å². The summed E-state index contributed by atoms with van der Waals surface area (Å²) < 4.78 is 57.4. The molecule has 2 amide bonds. The van der Waals surface area contributed by atoms with Gasteiger partial charge in [0.25, 0.3) is 0 Å². The van der Waals surface area contributed by atoms with Crippen LogP contribution >= 0.6 is 27.0 Å². The first kappa shape index (κ1) is 49.3. The topological polar surface area (TPSA) is 131 Å². The van der Waals surface area contributed by atoms with Crippen LogP contribution in [0.15, 0.2) is 36.4 Å². The molecule has 2 aliphatic rings. The van der Waals surface area contributed by atoms with Crippen LogP contribution in [0.5, 0.6) is 0 Å². The molecule has 0 spiro atoms. The van der Waals surface area contributed by atoms with Gasteiger partial charge in [-0.1, -0.05) is 12.1 Å². The number of carbonyl (C=O) groups is 4. The van der Waals surface area contributed by atoms with Crippen molar-refractivity contribution in [1.29, 1.82) is 0 Å². The Morgan fingerprint density at radius 1 is 0.731 bits per heavy atom. The maximum absolute atomic E-state index is 13.4. The Labute approximate surface area is 328 Å². The number of amides is 2. The molecule has 4 atom stereocenters. The van der Waals surface area contributed by atoms with Gasteiger partial charge in [0.2, 0.25) is 11.8 Å². The number of ether oxygens (including phenoxy) is 1. The predicted octanol–water partition coefficient (Wildman–Crippen LogP) is -0.118. The van der Waals surface area contributed by atoms with E-state index in [4.69, 9.17) is 4.74 Å². The minimum absolute atomic E-state index is 0. The molecular formula is C35H49F4LiN4O6S2. The summed E-state index contributed by atoms with van der Waals surface area (Å²) in [7, 11) is 1.22. The second kappa shape index (κ2) is 23.1. The Hall–Kier alpha value is -2.74. The molecular weight excluding hydrogens is 719 g/mol. The van der Waals surface area contributed by atoms with E-state index >= 15 is 0 Å².